The standard InChI is InChI=1S/C21H19F3N2O5/c1-12(27)26-17(8-10-19(26)28)20(29)25-16-11-15(7-9-18(16)30-2)31-14-5-3-13(4-6-14)21(22,23)24/h3-7,9,11,17H,8,10H2,1-2H3,(H,25,29). The van der Waals surface area contributed by atoms with E-state index in [0.717, 1.165) is 17.0 Å². The van der Waals surface area contributed by atoms with Crippen molar-refractivity contribution < 1.29 is 37.0 Å². The molecule has 7 nitrogen and oxygen atoms in total. The van der Waals surface area contributed by atoms with E-state index in [4.69, 9.17) is 9.47 Å². The molecule has 3 amide bonds. The molecule has 1 atom stereocenters. The van der Waals surface area contributed by atoms with E-state index < -0.39 is 35.5 Å². The van der Waals surface area contributed by atoms with Crippen LogP contribution < -0.4 is 14.8 Å². The van der Waals surface area contributed by atoms with Crippen molar-refractivity contribution in [1.82, 2.24) is 4.90 Å². The molecule has 2 aromatic rings. The predicted octanol–water partition coefficient (Wildman–Crippen LogP) is 3.98. The number of amides is 3. The molecule has 10 heteroatoms. The van der Waals surface area contributed by atoms with E-state index in [1.165, 1.54) is 44.4 Å². The SMILES string of the molecule is COc1ccc(Oc2ccc(C(F)(F)F)cc2)cc1NC(=O)C1CCC(=O)N1C(C)=O. The van der Waals surface area contributed by atoms with Crippen molar-refractivity contribution >= 4 is 23.4 Å². The molecule has 164 valence electrons. The summed E-state index contributed by atoms with van der Waals surface area (Å²) >= 11 is 0. The van der Waals surface area contributed by atoms with Crippen LogP contribution in [0.2, 0.25) is 0 Å². The Hall–Kier alpha value is -3.56. The van der Waals surface area contributed by atoms with Crippen molar-refractivity contribution in [2.45, 2.75) is 32.0 Å². The van der Waals surface area contributed by atoms with Crippen molar-refractivity contribution in [3.8, 4) is 17.2 Å². The van der Waals surface area contributed by atoms with Crippen molar-refractivity contribution in [2.75, 3.05) is 12.4 Å². The largest absolute Gasteiger partial charge is 0.495 e. The minimum absolute atomic E-state index is 0.0892. The Labute approximate surface area is 175 Å². The Morgan fingerprint density at radius 2 is 1.74 bits per heavy atom. The molecule has 0 saturated carbocycles. The lowest BCUT2D eigenvalue weighted by molar-refractivity contribution is -0.145. The molecule has 1 unspecified atom stereocenters. The minimum Gasteiger partial charge on any atom is -0.495 e. The number of halogens is 3. The number of likely N-dealkylation sites (tertiary alicyclic amines) is 1. The molecular formula is C21H19F3N2O5. The van der Waals surface area contributed by atoms with Gasteiger partial charge in [0.15, 0.2) is 0 Å². The smallest absolute Gasteiger partial charge is 0.416 e. The van der Waals surface area contributed by atoms with Crippen molar-refractivity contribution in [2.24, 2.45) is 0 Å². The number of methoxy groups -OCH3 is 1. The monoisotopic (exact) mass is 436 g/mol. The first-order valence-corrected chi connectivity index (χ1v) is 9.27. The van der Waals surface area contributed by atoms with Gasteiger partial charge in [-0.3, -0.25) is 19.3 Å². The second kappa shape index (κ2) is 8.66. The highest BCUT2D eigenvalue weighted by Crippen LogP contribution is 2.34. The highest BCUT2D eigenvalue weighted by molar-refractivity contribution is 6.06. The van der Waals surface area contributed by atoms with E-state index in [0.29, 0.717) is 5.75 Å². The number of nitrogens with zero attached hydrogens (tertiary/aromatic N) is 1. The zero-order chi connectivity index (χ0) is 22.8. The molecule has 1 saturated heterocycles. The van der Waals surface area contributed by atoms with Crippen molar-refractivity contribution in [3.05, 3.63) is 48.0 Å². The molecule has 2 aromatic carbocycles. The van der Waals surface area contributed by atoms with Gasteiger partial charge in [0.05, 0.1) is 18.4 Å². The van der Waals surface area contributed by atoms with Gasteiger partial charge in [0.1, 0.15) is 23.3 Å². The number of ether oxygens (including phenoxy) is 2. The minimum atomic E-state index is -4.45. The fourth-order valence-corrected chi connectivity index (χ4v) is 3.24. The summed E-state index contributed by atoms with van der Waals surface area (Å²) in [7, 11) is 1.39. The number of imide groups is 1. The first-order valence-electron chi connectivity index (χ1n) is 9.27. The zero-order valence-corrected chi connectivity index (χ0v) is 16.7. The Morgan fingerprint density at radius 3 is 2.32 bits per heavy atom. The third-order valence-electron chi connectivity index (χ3n) is 4.70. The van der Waals surface area contributed by atoms with Crippen LogP contribution in [0.3, 0.4) is 0 Å². The zero-order valence-electron chi connectivity index (χ0n) is 16.7. The van der Waals surface area contributed by atoms with Gasteiger partial charge in [0.2, 0.25) is 17.7 Å². The van der Waals surface area contributed by atoms with Gasteiger partial charge >= 0.3 is 6.18 Å². The normalized spacial score (nSPS) is 16.2. The molecule has 0 bridgehead atoms. The summed E-state index contributed by atoms with van der Waals surface area (Å²) in [5.41, 5.74) is -0.580. The molecule has 1 aliphatic heterocycles. The lowest BCUT2D eigenvalue weighted by Crippen LogP contribution is -2.44. The van der Waals surface area contributed by atoms with Crippen LogP contribution in [-0.4, -0.2) is 35.8 Å². The van der Waals surface area contributed by atoms with Gasteiger partial charge in [-0.05, 0) is 42.8 Å². The Morgan fingerprint density at radius 1 is 1.10 bits per heavy atom. The highest BCUT2D eigenvalue weighted by atomic mass is 19.4. The van der Waals surface area contributed by atoms with Crippen LogP contribution in [-0.2, 0) is 20.6 Å². The average Bonchev–Trinajstić information content (AvgIpc) is 3.10. The molecule has 0 radical (unpaired) electrons. The van der Waals surface area contributed by atoms with Crippen molar-refractivity contribution in [1.29, 1.82) is 0 Å². The molecule has 0 aliphatic carbocycles. The van der Waals surface area contributed by atoms with Crippen LogP contribution in [0.25, 0.3) is 0 Å². The van der Waals surface area contributed by atoms with E-state index in [2.05, 4.69) is 5.32 Å². The molecule has 1 fully saturated rings. The molecule has 31 heavy (non-hydrogen) atoms. The van der Waals surface area contributed by atoms with E-state index in [9.17, 15) is 27.6 Å². The molecule has 1 heterocycles. The number of anilines is 1. The average molecular weight is 436 g/mol. The summed E-state index contributed by atoms with van der Waals surface area (Å²) in [6, 6.07) is 7.69. The van der Waals surface area contributed by atoms with E-state index in [1.807, 2.05) is 0 Å². The number of benzene rings is 2. The van der Waals surface area contributed by atoms with Crippen LogP contribution in [0, 0.1) is 0 Å². The number of nitrogens with one attached hydrogen (secondary N) is 1. The van der Waals surface area contributed by atoms with E-state index in [1.54, 1.807) is 0 Å². The lowest BCUT2D eigenvalue weighted by Gasteiger charge is -2.21. The Kier molecular flexibility index (Phi) is 6.19. The lowest BCUT2D eigenvalue weighted by atomic mass is 10.2. The van der Waals surface area contributed by atoms with Gasteiger partial charge in [0.25, 0.3) is 0 Å². The first-order chi connectivity index (χ1) is 14.6. The summed E-state index contributed by atoms with van der Waals surface area (Å²) in [5.74, 6) is -0.799. The summed E-state index contributed by atoms with van der Waals surface area (Å²) in [4.78, 5) is 37.2. The Balaban J connectivity index is 1.78. The molecule has 1 aliphatic rings. The number of hydrogen-bond donors (Lipinski definition) is 1. The first kappa shape index (κ1) is 22.1. The maximum absolute atomic E-state index is 12.7. The summed E-state index contributed by atoms with van der Waals surface area (Å²) in [5, 5.41) is 2.63. The topological polar surface area (TPSA) is 84.9 Å². The number of alkyl halides is 3. The fraction of sp³-hybridized carbons (Fsp3) is 0.286. The van der Waals surface area contributed by atoms with Crippen LogP contribution in [0.1, 0.15) is 25.3 Å². The van der Waals surface area contributed by atoms with Gasteiger partial charge in [-0.1, -0.05) is 0 Å². The van der Waals surface area contributed by atoms with Crippen LogP contribution in [0.15, 0.2) is 42.5 Å². The number of hydrogen-bond acceptors (Lipinski definition) is 5. The van der Waals surface area contributed by atoms with Gasteiger partial charge < -0.3 is 14.8 Å². The van der Waals surface area contributed by atoms with Gasteiger partial charge in [0, 0.05) is 19.4 Å². The Bertz CT molecular complexity index is 1010. The highest BCUT2D eigenvalue weighted by Gasteiger charge is 2.38. The maximum atomic E-state index is 12.7. The maximum Gasteiger partial charge on any atom is 0.416 e. The quantitative estimate of drug-likeness (QED) is 0.767. The molecule has 1 N–H and O–H groups in total. The van der Waals surface area contributed by atoms with Gasteiger partial charge in [-0.2, -0.15) is 13.2 Å². The fourth-order valence-electron chi connectivity index (χ4n) is 3.24. The van der Waals surface area contributed by atoms with Crippen LogP contribution >= 0.6 is 0 Å². The molecular weight excluding hydrogens is 417 g/mol. The van der Waals surface area contributed by atoms with Crippen molar-refractivity contribution in [3.63, 3.8) is 0 Å². The van der Waals surface area contributed by atoms with E-state index in [-0.39, 0.29) is 30.0 Å². The molecule has 3 rings (SSSR count). The van der Waals surface area contributed by atoms with Crippen LogP contribution in [0.5, 0.6) is 17.2 Å². The number of carbonyl (C=O) groups excluding carboxylic acids is 3. The van der Waals surface area contributed by atoms with Gasteiger partial charge in [-0.25, -0.2) is 0 Å². The molecule has 0 spiro atoms. The third kappa shape index (κ3) is 4.96. The summed E-state index contributed by atoms with van der Waals surface area (Å²) < 4.78 is 48.9. The summed E-state index contributed by atoms with van der Waals surface area (Å²) in [6.07, 6.45) is -4.16. The number of carbonyl (C=O) groups is 3. The van der Waals surface area contributed by atoms with E-state index >= 15 is 0 Å². The van der Waals surface area contributed by atoms with Gasteiger partial charge in [-0.15, -0.1) is 0 Å². The second-order valence-electron chi connectivity index (χ2n) is 6.81. The second-order valence-corrected chi connectivity index (χ2v) is 6.81. The predicted molar refractivity (Wildman–Crippen MR) is 104 cm³/mol. The third-order valence-corrected chi connectivity index (χ3v) is 4.70. The number of rotatable bonds is 5. The molecule has 0 aromatic heterocycles. The summed E-state index contributed by atoms with van der Waals surface area (Å²) in [6.45, 7) is 1.21. The van der Waals surface area contributed by atoms with Crippen LogP contribution in [0.4, 0.5) is 18.9 Å².